The van der Waals surface area contributed by atoms with Gasteiger partial charge in [-0.05, 0) is 30.7 Å². The number of alkyl halides is 3. The lowest BCUT2D eigenvalue weighted by Gasteiger charge is -2.21. The minimum Gasteiger partial charge on any atom is -0.329 e. The molecule has 0 aliphatic heterocycles. The molecular weight excluding hydrogens is 381 g/mol. The van der Waals surface area contributed by atoms with Gasteiger partial charge in [-0.1, -0.05) is 41.4 Å². The minimum absolute atomic E-state index is 0.0237. The molecule has 0 atom stereocenters. The molecule has 1 N–H and O–H groups in total. The number of halogens is 4. The van der Waals surface area contributed by atoms with E-state index in [2.05, 4.69) is 5.32 Å². The molecule has 0 radical (unpaired) electrons. The number of aryl methyl sites for hydroxylation is 1. The van der Waals surface area contributed by atoms with Gasteiger partial charge in [0, 0.05) is 13.5 Å². The Morgan fingerprint density at radius 2 is 1.85 bits per heavy atom. The summed E-state index contributed by atoms with van der Waals surface area (Å²) in [5.41, 5.74) is 0.771. The first kappa shape index (κ1) is 20.8. The summed E-state index contributed by atoms with van der Waals surface area (Å²) >= 11 is 5.87. The van der Waals surface area contributed by atoms with Crippen molar-refractivity contribution in [1.29, 1.82) is 0 Å². The lowest BCUT2D eigenvalue weighted by molar-refractivity contribution is -0.137. The van der Waals surface area contributed by atoms with Crippen LogP contribution in [0.5, 0.6) is 0 Å². The molecule has 2 rings (SSSR count). The summed E-state index contributed by atoms with van der Waals surface area (Å²) in [6.45, 7) is 3.13. The van der Waals surface area contributed by atoms with E-state index in [9.17, 15) is 22.8 Å². The van der Waals surface area contributed by atoms with E-state index in [1.54, 1.807) is 0 Å². The molecule has 0 saturated heterocycles. The molecule has 0 aromatic heterocycles. The SMILES string of the molecule is CC(=O)N(CC(=O)Nc1cc(C(F)(F)F)ccc1Cl)Cc1cccc(C)c1. The van der Waals surface area contributed by atoms with E-state index >= 15 is 0 Å². The molecule has 2 amide bonds. The summed E-state index contributed by atoms with van der Waals surface area (Å²) in [7, 11) is 0. The molecule has 0 saturated carbocycles. The fourth-order valence-corrected chi connectivity index (χ4v) is 2.63. The molecule has 2 aromatic carbocycles. The Labute approximate surface area is 159 Å². The van der Waals surface area contributed by atoms with Crippen molar-refractivity contribution in [3.05, 3.63) is 64.2 Å². The number of hydrogen-bond donors (Lipinski definition) is 1. The zero-order valence-corrected chi connectivity index (χ0v) is 15.5. The average molecular weight is 399 g/mol. The Hall–Kier alpha value is -2.54. The first-order valence-corrected chi connectivity index (χ1v) is 8.41. The number of hydrogen-bond acceptors (Lipinski definition) is 2. The van der Waals surface area contributed by atoms with E-state index in [0.29, 0.717) is 0 Å². The Morgan fingerprint density at radius 3 is 2.44 bits per heavy atom. The van der Waals surface area contributed by atoms with Crippen molar-refractivity contribution in [2.24, 2.45) is 0 Å². The van der Waals surface area contributed by atoms with E-state index in [1.165, 1.54) is 11.8 Å². The van der Waals surface area contributed by atoms with Crippen molar-refractivity contribution < 1.29 is 22.8 Å². The highest BCUT2D eigenvalue weighted by atomic mass is 35.5. The van der Waals surface area contributed by atoms with Crippen molar-refractivity contribution in [2.45, 2.75) is 26.6 Å². The van der Waals surface area contributed by atoms with Gasteiger partial charge in [-0.3, -0.25) is 9.59 Å². The number of rotatable bonds is 5. The number of nitrogens with one attached hydrogen (secondary N) is 1. The van der Waals surface area contributed by atoms with Crippen LogP contribution in [0.15, 0.2) is 42.5 Å². The highest BCUT2D eigenvalue weighted by molar-refractivity contribution is 6.33. The molecule has 0 heterocycles. The van der Waals surface area contributed by atoms with Gasteiger partial charge in [0.1, 0.15) is 6.54 Å². The number of amides is 2. The van der Waals surface area contributed by atoms with Crippen LogP contribution in [0.2, 0.25) is 5.02 Å². The van der Waals surface area contributed by atoms with Gasteiger partial charge in [-0.15, -0.1) is 0 Å². The summed E-state index contributed by atoms with van der Waals surface area (Å²) in [4.78, 5) is 25.4. The second kappa shape index (κ2) is 8.43. The molecule has 0 spiro atoms. The minimum atomic E-state index is -4.55. The first-order valence-electron chi connectivity index (χ1n) is 8.04. The standard InChI is InChI=1S/C19H18ClF3N2O2/c1-12-4-3-5-14(8-12)10-25(13(2)26)11-18(27)24-17-9-15(19(21,22)23)6-7-16(17)20/h3-9H,10-11H2,1-2H3,(H,24,27). The van der Waals surface area contributed by atoms with Crippen LogP contribution in [0.1, 0.15) is 23.6 Å². The van der Waals surface area contributed by atoms with Gasteiger partial charge in [0.05, 0.1) is 16.3 Å². The smallest absolute Gasteiger partial charge is 0.329 e. The predicted molar refractivity (Wildman–Crippen MR) is 97.4 cm³/mol. The normalized spacial score (nSPS) is 11.2. The molecule has 4 nitrogen and oxygen atoms in total. The van der Waals surface area contributed by atoms with Gasteiger partial charge in [-0.25, -0.2) is 0 Å². The summed E-state index contributed by atoms with van der Waals surface area (Å²) in [6.07, 6.45) is -4.55. The molecule has 0 unspecified atom stereocenters. The summed E-state index contributed by atoms with van der Waals surface area (Å²) in [6, 6.07) is 10.1. The van der Waals surface area contributed by atoms with Crippen LogP contribution >= 0.6 is 11.6 Å². The molecular formula is C19H18ClF3N2O2. The van der Waals surface area contributed by atoms with Gasteiger partial charge >= 0.3 is 6.18 Å². The van der Waals surface area contributed by atoms with Crippen molar-refractivity contribution in [2.75, 3.05) is 11.9 Å². The van der Waals surface area contributed by atoms with E-state index in [1.807, 2.05) is 31.2 Å². The molecule has 144 valence electrons. The van der Waals surface area contributed by atoms with E-state index in [4.69, 9.17) is 11.6 Å². The topological polar surface area (TPSA) is 49.4 Å². The zero-order valence-electron chi connectivity index (χ0n) is 14.7. The second-order valence-corrected chi connectivity index (χ2v) is 6.51. The lowest BCUT2D eigenvalue weighted by Crippen LogP contribution is -2.36. The van der Waals surface area contributed by atoms with Crippen LogP contribution in [0.25, 0.3) is 0 Å². The molecule has 0 aliphatic rings. The highest BCUT2D eigenvalue weighted by Crippen LogP contribution is 2.33. The zero-order chi connectivity index (χ0) is 20.2. The summed E-state index contributed by atoms with van der Waals surface area (Å²) in [5, 5.41) is 2.32. The van der Waals surface area contributed by atoms with E-state index in [-0.39, 0.29) is 29.7 Å². The van der Waals surface area contributed by atoms with Gasteiger partial charge in [0.2, 0.25) is 11.8 Å². The second-order valence-electron chi connectivity index (χ2n) is 6.10. The average Bonchev–Trinajstić information content (AvgIpc) is 2.55. The molecule has 2 aromatic rings. The number of nitrogens with zero attached hydrogens (tertiary/aromatic N) is 1. The third-order valence-electron chi connectivity index (χ3n) is 3.80. The summed E-state index contributed by atoms with van der Waals surface area (Å²) < 4.78 is 38.5. The maximum Gasteiger partial charge on any atom is 0.416 e. The Bertz CT molecular complexity index is 853. The van der Waals surface area contributed by atoms with Crippen LogP contribution in [0, 0.1) is 6.92 Å². The summed E-state index contributed by atoms with van der Waals surface area (Å²) in [5.74, 6) is -0.971. The van der Waals surface area contributed by atoms with Crippen LogP contribution in [-0.4, -0.2) is 23.3 Å². The van der Waals surface area contributed by atoms with E-state index < -0.39 is 17.6 Å². The fraction of sp³-hybridized carbons (Fsp3) is 0.263. The van der Waals surface area contributed by atoms with Crippen LogP contribution in [0.4, 0.5) is 18.9 Å². The van der Waals surface area contributed by atoms with Crippen molar-refractivity contribution >= 4 is 29.1 Å². The largest absolute Gasteiger partial charge is 0.416 e. The Balaban J connectivity index is 2.11. The number of benzene rings is 2. The van der Waals surface area contributed by atoms with E-state index in [0.717, 1.165) is 29.3 Å². The molecule has 0 bridgehead atoms. The lowest BCUT2D eigenvalue weighted by atomic mass is 10.1. The van der Waals surface area contributed by atoms with Gasteiger partial charge in [0.15, 0.2) is 0 Å². The Kier molecular flexibility index (Phi) is 6.49. The molecule has 0 fully saturated rings. The van der Waals surface area contributed by atoms with Crippen molar-refractivity contribution in [3.63, 3.8) is 0 Å². The van der Waals surface area contributed by atoms with Crippen LogP contribution in [-0.2, 0) is 22.3 Å². The predicted octanol–water partition coefficient (Wildman–Crippen LogP) is 4.65. The third kappa shape index (κ3) is 5.99. The van der Waals surface area contributed by atoms with Gasteiger partial charge in [0.25, 0.3) is 0 Å². The monoisotopic (exact) mass is 398 g/mol. The van der Waals surface area contributed by atoms with Gasteiger partial charge < -0.3 is 10.2 Å². The highest BCUT2D eigenvalue weighted by Gasteiger charge is 2.31. The number of anilines is 1. The van der Waals surface area contributed by atoms with Crippen LogP contribution in [0.3, 0.4) is 0 Å². The number of carbonyl (C=O) groups excluding carboxylic acids is 2. The van der Waals surface area contributed by atoms with Crippen molar-refractivity contribution in [3.8, 4) is 0 Å². The van der Waals surface area contributed by atoms with Crippen molar-refractivity contribution in [1.82, 2.24) is 4.90 Å². The quantitative estimate of drug-likeness (QED) is 0.796. The Morgan fingerprint density at radius 1 is 1.15 bits per heavy atom. The fourth-order valence-electron chi connectivity index (χ4n) is 2.47. The third-order valence-corrected chi connectivity index (χ3v) is 4.13. The van der Waals surface area contributed by atoms with Crippen LogP contribution < -0.4 is 5.32 Å². The maximum atomic E-state index is 12.8. The molecule has 27 heavy (non-hydrogen) atoms. The van der Waals surface area contributed by atoms with Gasteiger partial charge in [-0.2, -0.15) is 13.2 Å². The number of carbonyl (C=O) groups is 2. The molecule has 0 aliphatic carbocycles. The maximum absolute atomic E-state index is 12.8. The first-order chi connectivity index (χ1) is 12.6. The molecule has 8 heteroatoms.